The molecule has 0 fully saturated rings. The van der Waals surface area contributed by atoms with Gasteiger partial charge in [0, 0.05) is 22.2 Å². The van der Waals surface area contributed by atoms with Gasteiger partial charge in [0.1, 0.15) is 0 Å². The molecule has 0 bridgehead atoms. The van der Waals surface area contributed by atoms with Crippen molar-refractivity contribution in [2.24, 2.45) is 0 Å². The molecule has 0 aliphatic carbocycles. The molecule has 0 heterocycles. The van der Waals surface area contributed by atoms with Crippen LogP contribution in [0.1, 0.15) is 24.2 Å². The van der Waals surface area contributed by atoms with E-state index in [1.54, 1.807) is 38.1 Å². The van der Waals surface area contributed by atoms with Gasteiger partial charge < -0.3 is 15.0 Å². The van der Waals surface area contributed by atoms with Gasteiger partial charge in [0.2, 0.25) is 0 Å². The van der Waals surface area contributed by atoms with E-state index >= 15 is 0 Å². The standard InChI is InChI=1S/C24H26NO3P/c1-18(25-24(27)20-12-6-3-7-13-20)23(19(2)26)29(28,21-14-8-4-9-15-21)22-16-10-5-11-17-22/h3-19,23,26H,1-2H3,(H,25,27)/t18-,19?,23-/m0/s1. The summed E-state index contributed by atoms with van der Waals surface area (Å²) >= 11 is 0. The monoisotopic (exact) mass is 407 g/mol. The first-order valence-electron chi connectivity index (χ1n) is 9.69. The van der Waals surface area contributed by atoms with Crippen LogP contribution in [-0.4, -0.2) is 28.8 Å². The van der Waals surface area contributed by atoms with Gasteiger partial charge in [-0.15, -0.1) is 0 Å². The lowest BCUT2D eigenvalue weighted by Gasteiger charge is -2.35. The number of carbonyl (C=O) groups is 1. The number of rotatable bonds is 7. The maximum absolute atomic E-state index is 14.6. The van der Waals surface area contributed by atoms with E-state index in [1.165, 1.54) is 0 Å². The molecule has 0 radical (unpaired) electrons. The van der Waals surface area contributed by atoms with Gasteiger partial charge in [-0.05, 0) is 26.0 Å². The minimum Gasteiger partial charge on any atom is -0.393 e. The second kappa shape index (κ2) is 9.21. The zero-order valence-corrected chi connectivity index (χ0v) is 17.5. The summed E-state index contributed by atoms with van der Waals surface area (Å²) in [6.45, 7) is 3.44. The molecule has 0 spiro atoms. The topological polar surface area (TPSA) is 66.4 Å². The van der Waals surface area contributed by atoms with Crippen molar-refractivity contribution in [3.05, 3.63) is 96.6 Å². The van der Waals surface area contributed by atoms with E-state index in [1.807, 2.05) is 66.7 Å². The molecule has 4 nitrogen and oxygen atoms in total. The molecule has 3 rings (SSSR count). The van der Waals surface area contributed by atoms with E-state index in [-0.39, 0.29) is 5.91 Å². The fourth-order valence-electron chi connectivity index (χ4n) is 3.79. The van der Waals surface area contributed by atoms with E-state index in [2.05, 4.69) is 5.32 Å². The van der Waals surface area contributed by atoms with Crippen LogP contribution in [0.4, 0.5) is 0 Å². The zero-order valence-electron chi connectivity index (χ0n) is 16.6. The summed E-state index contributed by atoms with van der Waals surface area (Å²) < 4.78 is 14.6. The van der Waals surface area contributed by atoms with Crippen molar-refractivity contribution in [3.8, 4) is 0 Å². The molecule has 1 amide bonds. The number of aliphatic hydroxyl groups is 1. The van der Waals surface area contributed by atoms with Crippen molar-refractivity contribution >= 4 is 23.7 Å². The number of benzene rings is 3. The summed E-state index contributed by atoms with van der Waals surface area (Å²) in [6.07, 6.45) is -0.896. The Morgan fingerprint density at radius 3 is 1.62 bits per heavy atom. The van der Waals surface area contributed by atoms with Gasteiger partial charge in [-0.3, -0.25) is 4.79 Å². The number of nitrogens with one attached hydrogen (secondary N) is 1. The predicted octanol–water partition coefficient (Wildman–Crippen LogP) is 3.57. The molecule has 2 N–H and O–H groups in total. The normalized spacial score (nSPS) is 14.6. The molecule has 5 heteroatoms. The molecule has 0 aliphatic heterocycles. The van der Waals surface area contributed by atoms with Crippen molar-refractivity contribution in [1.82, 2.24) is 5.32 Å². The highest BCUT2D eigenvalue weighted by Crippen LogP contribution is 2.51. The van der Waals surface area contributed by atoms with E-state index in [4.69, 9.17) is 0 Å². The lowest BCUT2D eigenvalue weighted by Crippen LogP contribution is -2.48. The summed E-state index contributed by atoms with van der Waals surface area (Å²) in [5, 5.41) is 15.0. The Hall–Kier alpha value is -2.68. The van der Waals surface area contributed by atoms with Gasteiger partial charge in [0.25, 0.3) is 5.91 Å². The third-order valence-electron chi connectivity index (χ3n) is 5.10. The predicted molar refractivity (Wildman–Crippen MR) is 119 cm³/mol. The van der Waals surface area contributed by atoms with Gasteiger partial charge in [0.05, 0.1) is 11.8 Å². The first-order chi connectivity index (χ1) is 13.9. The Morgan fingerprint density at radius 1 is 0.793 bits per heavy atom. The van der Waals surface area contributed by atoms with Crippen LogP contribution in [0.15, 0.2) is 91.0 Å². The summed E-state index contributed by atoms with van der Waals surface area (Å²) in [5.41, 5.74) is -0.155. The van der Waals surface area contributed by atoms with Crippen LogP contribution in [0, 0.1) is 0 Å². The largest absolute Gasteiger partial charge is 0.393 e. The molecular formula is C24H26NO3P. The number of hydrogen-bond acceptors (Lipinski definition) is 3. The van der Waals surface area contributed by atoms with Gasteiger partial charge in [-0.1, -0.05) is 78.9 Å². The minimum atomic E-state index is -3.26. The van der Waals surface area contributed by atoms with Crippen LogP contribution < -0.4 is 15.9 Å². The van der Waals surface area contributed by atoms with Gasteiger partial charge in [0.15, 0.2) is 7.14 Å². The highest BCUT2D eigenvalue weighted by molar-refractivity contribution is 7.79. The summed E-state index contributed by atoms with van der Waals surface area (Å²) in [6, 6.07) is 26.8. The third kappa shape index (κ3) is 4.50. The molecular weight excluding hydrogens is 381 g/mol. The second-order valence-corrected chi connectivity index (χ2v) is 10.1. The van der Waals surface area contributed by atoms with E-state index in [9.17, 15) is 14.5 Å². The molecule has 0 aliphatic rings. The van der Waals surface area contributed by atoms with Crippen molar-refractivity contribution in [1.29, 1.82) is 0 Å². The molecule has 3 aromatic rings. The van der Waals surface area contributed by atoms with Gasteiger partial charge >= 0.3 is 0 Å². The average molecular weight is 407 g/mol. The van der Waals surface area contributed by atoms with Crippen molar-refractivity contribution < 1.29 is 14.5 Å². The molecule has 3 aromatic carbocycles. The Bertz CT molecular complexity index is 931. The van der Waals surface area contributed by atoms with Gasteiger partial charge in [-0.25, -0.2) is 0 Å². The number of hydrogen-bond donors (Lipinski definition) is 2. The molecule has 150 valence electrons. The quantitative estimate of drug-likeness (QED) is 0.589. The van der Waals surface area contributed by atoms with Crippen LogP contribution in [0.25, 0.3) is 0 Å². The fourth-order valence-corrected chi connectivity index (χ4v) is 7.32. The highest BCUT2D eigenvalue weighted by Gasteiger charge is 2.43. The lowest BCUT2D eigenvalue weighted by atomic mass is 10.1. The SMILES string of the molecule is CC(O)[C@H]([C@H](C)NC(=O)c1ccccc1)P(=O)(c1ccccc1)c1ccccc1. The number of aliphatic hydroxyl groups excluding tert-OH is 1. The molecule has 1 unspecified atom stereocenters. The average Bonchev–Trinajstić information content (AvgIpc) is 2.75. The first-order valence-corrected chi connectivity index (χ1v) is 11.5. The minimum absolute atomic E-state index is 0.253. The Balaban J connectivity index is 2.03. The van der Waals surface area contributed by atoms with Crippen molar-refractivity contribution in [3.63, 3.8) is 0 Å². The Morgan fingerprint density at radius 2 is 1.21 bits per heavy atom. The zero-order chi connectivity index (χ0) is 20.9. The first kappa shape index (κ1) is 21.0. The molecule has 0 saturated carbocycles. The van der Waals surface area contributed by atoms with E-state index < -0.39 is 24.9 Å². The maximum atomic E-state index is 14.6. The summed E-state index contributed by atoms with van der Waals surface area (Å²) in [4.78, 5) is 12.7. The van der Waals surface area contributed by atoms with Crippen LogP contribution >= 0.6 is 7.14 Å². The second-order valence-electron chi connectivity index (χ2n) is 7.19. The van der Waals surface area contributed by atoms with Crippen LogP contribution in [0.3, 0.4) is 0 Å². The van der Waals surface area contributed by atoms with Crippen molar-refractivity contribution in [2.45, 2.75) is 31.7 Å². The van der Waals surface area contributed by atoms with Crippen LogP contribution in [-0.2, 0) is 4.57 Å². The van der Waals surface area contributed by atoms with Crippen LogP contribution in [0.5, 0.6) is 0 Å². The fraction of sp³-hybridized carbons (Fsp3) is 0.208. The third-order valence-corrected chi connectivity index (χ3v) is 8.95. The lowest BCUT2D eigenvalue weighted by molar-refractivity contribution is 0.0925. The van der Waals surface area contributed by atoms with Crippen LogP contribution in [0.2, 0.25) is 0 Å². The number of amides is 1. The van der Waals surface area contributed by atoms with E-state index in [0.29, 0.717) is 16.2 Å². The molecule has 29 heavy (non-hydrogen) atoms. The smallest absolute Gasteiger partial charge is 0.251 e. The van der Waals surface area contributed by atoms with Gasteiger partial charge in [-0.2, -0.15) is 0 Å². The van der Waals surface area contributed by atoms with E-state index in [0.717, 1.165) is 0 Å². The number of carbonyl (C=O) groups excluding carboxylic acids is 1. The molecule has 3 atom stereocenters. The van der Waals surface area contributed by atoms with Crippen molar-refractivity contribution in [2.75, 3.05) is 0 Å². The summed E-state index contributed by atoms with van der Waals surface area (Å²) in [5.74, 6) is -0.253. The Kier molecular flexibility index (Phi) is 6.68. The highest BCUT2D eigenvalue weighted by atomic mass is 31.2. The summed E-state index contributed by atoms with van der Waals surface area (Å²) in [7, 11) is -3.26. The maximum Gasteiger partial charge on any atom is 0.251 e. The molecule has 0 aromatic heterocycles. The molecule has 0 saturated heterocycles. The Labute approximate surface area is 172 Å².